The molecule has 1 aromatic carbocycles. The van der Waals surface area contributed by atoms with E-state index in [0.29, 0.717) is 56.0 Å². The fourth-order valence-corrected chi connectivity index (χ4v) is 3.35. The van der Waals surface area contributed by atoms with Crippen molar-refractivity contribution >= 4 is 17.1 Å². The lowest BCUT2D eigenvalue weighted by atomic mass is 10.00. The summed E-state index contributed by atoms with van der Waals surface area (Å²) in [4.78, 5) is 12.7. The third-order valence-corrected chi connectivity index (χ3v) is 4.94. The summed E-state index contributed by atoms with van der Waals surface area (Å²) in [6.07, 6.45) is 3.10. The molecule has 0 aromatic heterocycles. The SMILES string of the molecule is N/C(=C\N(N)CCNc1ccc(N)cc1[N+](=O)[O-])CCN1CCC(O)CC1CO. The van der Waals surface area contributed by atoms with Crippen LogP contribution in [0.4, 0.5) is 17.1 Å². The van der Waals surface area contributed by atoms with Crippen LogP contribution < -0.4 is 22.6 Å². The van der Waals surface area contributed by atoms with Crippen molar-refractivity contribution in [2.75, 3.05) is 43.8 Å². The lowest BCUT2D eigenvalue weighted by Gasteiger charge is -2.36. The number of nitrogens with two attached hydrogens (primary N) is 3. The molecule has 162 valence electrons. The number of hydrazine groups is 1. The van der Waals surface area contributed by atoms with Gasteiger partial charge in [0.2, 0.25) is 0 Å². The first kappa shape index (κ1) is 22.7. The maximum absolute atomic E-state index is 11.1. The van der Waals surface area contributed by atoms with Gasteiger partial charge in [0, 0.05) is 55.7 Å². The number of nitro benzene ring substituents is 1. The van der Waals surface area contributed by atoms with E-state index in [1.807, 2.05) is 0 Å². The van der Waals surface area contributed by atoms with Gasteiger partial charge in [-0.2, -0.15) is 0 Å². The number of nitro groups is 1. The minimum atomic E-state index is -0.490. The molecular weight excluding hydrogens is 378 g/mol. The number of hydrogen-bond donors (Lipinski definition) is 6. The molecule has 29 heavy (non-hydrogen) atoms. The highest BCUT2D eigenvalue weighted by Crippen LogP contribution is 2.26. The molecule has 0 saturated carbocycles. The van der Waals surface area contributed by atoms with Crippen molar-refractivity contribution in [3.8, 4) is 0 Å². The topological polar surface area (TPSA) is 180 Å². The van der Waals surface area contributed by atoms with Crippen molar-refractivity contribution < 1.29 is 15.1 Å². The molecule has 1 aliphatic rings. The first-order valence-electron chi connectivity index (χ1n) is 9.58. The minimum absolute atomic E-state index is 0.00658. The van der Waals surface area contributed by atoms with E-state index in [9.17, 15) is 20.3 Å². The van der Waals surface area contributed by atoms with Crippen molar-refractivity contribution in [3.05, 3.63) is 40.2 Å². The van der Waals surface area contributed by atoms with Crippen LogP contribution in [-0.2, 0) is 0 Å². The Morgan fingerprint density at radius 1 is 1.48 bits per heavy atom. The zero-order valence-electron chi connectivity index (χ0n) is 16.4. The number of aliphatic hydroxyl groups is 2. The third-order valence-electron chi connectivity index (χ3n) is 4.94. The van der Waals surface area contributed by atoms with Crippen molar-refractivity contribution in [2.24, 2.45) is 11.6 Å². The average Bonchev–Trinajstić information content (AvgIpc) is 2.67. The van der Waals surface area contributed by atoms with Gasteiger partial charge in [-0.05, 0) is 25.0 Å². The van der Waals surface area contributed by atoms with Crippen LogP contribution >= 0.6 is 0 Å². The van der Waals surface area contributed by atoms with Gasteiger partial charge in [0.15, 0.2) is 0 Å². The summed E-state index contributed by atoms with van der Waals surface area (Å²) in [6, 6.07) is 4.40. The van der Waals surface area contributed by atoms with Gasteiger partial charge >= 0.3 is 0 Å². The molecule has 1 aliphatic heterocycles. The Bertz CT molecular complexity index is 715. The Balaban J connectivity index is 1.78. The van der Waals surface area contributed by atoms with Gasteiger partial charge in [-0.3, -0.25) is 15.0 Å². The highest BCUT2D eigenvalue weighted by atomic mass is 16.6. The maximum Gasteiger partial charge on any atom is 0.294 e. The smallest absolute Gasteiger partial charge is 0.294 e. The fraction of sp³-hybridized carbons (Fsp3) is 0.556. The van der Waals surface area contributed by atoms with Gasteiger partial charge in [-0.1, -0.05) is 0 Å². The second-order valence-electron chi connectivity index (χ2n) is 7.20. The highest BCUT2D eigenvalue weighted by Gasteiger charge is 2.26. The molecule has 0 spiro atoms. The summed E-state index contributed by atoms with van der Waals surface area (Å²) in [5.74, 6) is 5.94. The molecule has 0 bridgehead atoms. The van der Waals surface area contributed by atoms with Crippen LogP contribution in [0.3, 0.4) is 0 Å². The number of hydrogen-bond acceptors (Lipinski definition) is 10. The van der Waals surface area contributed by atoms with Crippen LogP contribution in [0.25, 0.3) is 0 Å². The monoisotopic (exact) mass is 409 g/mol. The van der Waals surface area contributed by atoms with Crippen LogP contribution in [0.2, 0.25) is 0 Å². The first-order chi connectivity index (χ1) is 13.8. The van der Waals surface area contributed by atoms with E-state index in [4.69, 9.17) is 17.3 Å². The summed E-state index contributed by atoms with van der Waals surface area (Å²) >= 11 is 0. The van der Waals surface area contributed by atoms with Gasteiger partial charge in [-0.15, -0.1) is 0 Å². The normalized spacial score (nSPS) is 20.4. The predicted octanol–water partition coefficient (Wildman–Crippen LogP) is -0.228. The van der Waals surface area contributed by atoms with Crippen LogP contribution in [0.15, 0.2) is 30.1 Å². The number of piperidine rings is 1. The first-order valence-corrected chi connectivity index (χ1v) is 9.58. The third kappa shape index (κ3) is 7.06. The van der Waals surface area contributed by atoms with Gasteiger partial charge in [0.25, 0.3) is 5.69 Å². The van der Waals surface area contributed by atoms with Gasteiger partial charge in [0.1, 0.15) is 5.69 Å². The van der Waals surface area contributed by atoms with Crippen molar-refractivity contribution in [1.29, 1.82) is 0 Å². The number of anilines is 2. The van der Waals surface area contributed by atoms with E-state index in [1.54, 1.807) is 18.3 Å². The number of rotatable bonds is 10. The molecule has 11 nitrogen and oxygen atoms in total. The molecule has 2 atom stereocenters. The quantitative estimate of drug-likeness (QED) is 0.131. The molecule has 0 radical (unpaired) electrons. The predicted molar refractivity (Wildman–Crippen MR) is 111 cm³/mol. The molecule has 0 aliphatic carbocycles. The molecule has 1 aromatic rings. The molecule has 2 unspecified atom stereocenters. The number of likely N-dealkylation sites (tertiary alicyclic amines) is 1. The Morgan fingerprint density at radius 2 is 2.24 bits per heavy atom. The number of nitrogens with one attached hydrogen (secondary N) is 1. The van der Waals surface area contributed by atoms with E-state index in [2.05, 4.69) is 10.2 Å². The highest BCUT2D eigenvalue weighted by molar-refractivity contribution is 5.66. The second-order valence-corrected chi connectivity index (χ2v) is 7.20. The van der Waals surface area contributed by atoms with E-state index < -0.39 is 4.92 Å². The average molecular weight is 409 g/mol. The molecule has 1 saturated heterocycles. The second kappa shape index (κ2) is 10.8. The van der Waals surface area contributed by atoms with Crippen molar-refractivity contribution in [2.45, 2.75) is 31.4 Å². The van der Waals surface area contributed by atoms with E-state index in [-0.39, 0.29) is 24.4 Å². The van der Waals surface area contributed by atoms with E-state index >= 15 is 0 Å². The molecular formula is C18H31N7O4. The maximum atomic E-state index is 11.1. The van der Waals surface area contributed by atoms with Gasteiger partial charge in [0.05, 0.1) is 24.2 Å². The number of nitrogen functional groups attached to an aromatic ring is 1. The summed E-state index contributed by atoms with van der Waals surface area (Å²) in [6.45, 7) is 2.16. The number of aliphatic hydroxyl groups excluding tert-OH is 2. The minimum Gasteiger partial charge on any atom is -0.401 e. The standard InChI is InChI=1S/C18H31N7O4/c19-13-1-2-17(18(9-13)25(28)29)22-5-8-24(21)11-14(20)3-6-23-7-4-16(27)10-15(23)12-26/h1-2,9,11,15-16,22,26-27H,3-8,10,12,19-21H2/b14-11-. The number of nitrogens with zero attached hydrogens (tertiary/aromatic N) is 3. The Hall–Kier alpha value is -2.60. The summed E-state index contributed by atoms with van der Waals surface area (Å²) in [5, 5.41) is 34.7. The van der Waals surface area contributed by atoms with Crippen molar-refractivity contribution in [3.63, 3.8) is 0 Å². The van der Waals surface area contributed by atoms with E-state index in [1.165, 1.54) is 11.1 Å². The molecule has 2 rings (SSSR count). The van der Waals surface area contributed by atoms with Gasteiger partial charge in [-0.25, -0.2) is 5.84 Å². The molecule has 11 heteroatoms. The largest absolute Gasteiger partial charge is 0.401 e. The van der Waals surface area contributed by atoms with E-state index in [0.717, 1.165) is 6.54 Å². The molecule has 9 N–H and O–H groups in total. The summed E-state index contributed by atoms with van der Waals surface area (Å²) in [7, 11) is 0. The van der Waals surface area contributed by atoms with Crippen LogP contribution in [0.1, 0.15) is 19.3 Å². The summed E-state index contributed by atoms with van der Waals surface area (Å²) < 4.78 is 0. The van der Waals surface area contributed by atoms with Crippen LogP contribution in [-0.4, -0.2) is 70.0 Å². The van der Waals surface area contributed by atoms with Crippen LogP contribution in [0.5, 0.6) is 0 Å². The zero-order valence-corrected chi connectivity index (χ0v) is 16.4. The zero-order chi connectivity index (χ0) is 21.4. The molecule has 0 amide bonds. The Kier molecular flexibility index (Phi) is 8.46. The molecule has 1 fully saturated rings. The lowest BCUT2D eigenvalue weighted by molar-refractivity contribution is -0.383. The number of benzene rings is 1. The molecule has 1 heterocycles. The van der Waals surface area contributed by atoms with Gasteiger partial charge < -0.3 is 32.0 Å². The lowest BCUT2D eigenvalue weighted by Crippen LogP contribution is -2.46. The Morgan fingerprint density at radius 3 is 2.93 bits per heavy atom. The fourth-order valence-electron chi connectivity index (χ4n) is 3.35. The Labute approximate surface area is 169 Å². The van der Waals surface area contributed by atoms with Crippen molar-refractivity contribution in [1.82, 2.24) is 9.91 Å². The summed E-state index contributed by atoms with van der Waals surface area (Å²) in [5.41, 5.74) is 12.8. The van der Waals surface area contributed by atoms with Crippen LogP contribution in [0, 0.1) is 10.1 Å².